The lowest BCUT2D eigenvalue weighted by Crippen LogP contribution is -2.34. The standard InChI is InChI=1S/C12H22N4O/c1-6-12(4,5)7-13-11(17)10-14-9(8(2)3)15-16-10/h8H,6-7H2,1-5H3,(H,13,17)(H,14,15,16). The number of nitrogens with one attached hydrogen (secondary N) is 2. The van der Waals surface area contributed by atoms with Crippen LogP contribution in [0.15, 0.2) is 0 Å². The predicted molar refractivity (Wildman–Crippen MR) is 66.9 cm³/mol. The molecule has 0 aliphatic carbocycles. The number of aromatic amines is 1. The van der Waals surface area contributed by atoms with Gasteiger partial charge in [0.25, 0.3) is 5.91 Å². The van der Waals surface area contributed by atoms with E-state index in [2.05, 4.69) is 41.3 Å². The highest BCUT2D eigenvalue weighted by Gasteiger charge is 2.19. The highest BCUT2D eigenvalue weighted by atomic mass is 16.2. The maximum absolute atomic E-state index is 11.8. The van der Waals surface area contributed by atoms with Gasteiger partial charge in [-0.2, -0.15) is 0 Å². The van der Waals surface area contributed by atoms with Crippen LogP contribution in [0.3, 0.4) is 0 Å². The van der Waals surface area contributed by atoms with E-state index in [9.17, 15) is 4.79 Å². The van der Waals surface area contributed by atoms with Gasteiger partial charge in [-0.05, 0) is 11.8 Å². The monoisotopic (exact) mass is 238 g/mol. The summed E-state index contributed by atoms with van der Waals surface area (Å²) in [6, 6.07) is 0. The lowest BCUT2D eigenvalue weighted by atomic mass is 9.90. The Morgan fingerprint density at radius 2 is 2.12 bits per heavy atom. The molecule has 0 aromatic carbocycles. The summed E-state index contributed by atoms with van der Waals surface area (Å²) < 4.78 is 0. The molecule has 96 valence electrons. The Labute approximate surface area is 102 Å². The lowest BCUT2D eigenvalue weighted by molar-refractivity contribution is 0.0925. The van der Waals surface area contributed by atoms with E-state index in [1.165, 1.54) is 0 Å². The third kappa shape index (κ3) is 3.84. The minimum atomic E-state index is -0.213. The molecule has 1 aromatic rings. The summed E-state index contributed by atoms with van der Waals surface area (Å²) in [4.78, 5) is 15.9. The van der Waals surface area contributed by atoms with Gasteiger partial charge in [-0.3, -0.25) is 9.89 Å². The first-order valence-corrected chi connectivity index (χ1v) is 6.06. The van der Waals surface area contributed by atoms with E-state index in [0.29, 0.717) is 6.54 Å². The van der Waals surface area contributed by atoms with Gasteiger partial charge in [0.05, 0.1) is 0 Å². The molecule has 0 fully saturated rings. The molecule has 0 unspecified atom stereocenters. The topological polar surface area (TPSA) is 70.7 Å². The highest BCUT2D eigenvalue weighted by molar-refractivity contribution is 5.90. The van der Waals surface area contributed by atoms with Crippen molar-refractivity contribution in [3.8, 4) is 0 Å². The Morgan fingerprint density at radius 1 is 1.47 bits per heavy atom. The predicted octanol–water partition coefficient (Wildman–Crippen LogP) is 2.09. The first kappa shape index (κ1) is 13.7. The molecule has 1 aromatic heterocycles. The van der Waals surface area contributed by atoms with E-state index in [0.717, 1.165) is 12.2 Å². The minimum absolute atomic E-state index is 0.104. The van der Waals surface area contributed by atoms with Crippen molar-refractivity contribution in [1.29, 1.82) is 0 Å². The molecule has 0 aliphatic heterocycles. The number of aromatic nitrogens is 3. The second-order valence-corrected chi connectivity index (χ2v) is 5.40. The van der Waals surface area contributed by atoms with Crippen LogP contribution in [0.1, 0.15) is 63.4 Å². The van der Waals surface area contributed by atoms with Crippen LogP contribution in [0.4, 0.5) is 0 Å². The van der Waals surface area contributed by atoms with Crippen molar-refractivity contribution in [3.63, 3.8) is 0 Å². The number of H-pyrrole nitrogens is 1. The summed E-state index contributed by atoms with van der Waals surface area (Å²) in [5.74, 6) is 0.997. The van der Waals surface area contributed by atoms with Gasteiger partial charge in [0.15, 0.2) is 0 Å². The smallest absolute Gasteiger partial charge is 0.290 e. The summed E-state index contributed by atoms with van der Waals surface area (Å²) in [5.41, 5.74) is 0.104. The van der Waals surface area contributed by atoms with Crippen LogP contribution in [-0.4, -0.2) is 27.6 Å². The molecule has 0 saturated carbocycles. The largest absolute Gasteiger partial charge is 0.349 e. The number of hydrogen-bond donors (Lipinski definition) is 2. The average Bonchev–Trinajstić information content (AvgIpc) is 2.75. The van der Waals surface area contributed by atoms with E-state index >= 15 is 0 Å². The number of carbonyl (C=O) groups is 1. The molecule has 17 heavy (non-hydrogen) atoms. The minimum Gasteiger partial charge on any atom is -0.349 e. The van der Waals surface area contributed by atoms with E-state index in [4.69, 9.17) is 0 Å². The molecule has 5 heteroatoms. The van der Waals surface area contributed by atoms with Gasteiger partial charge in [0.2, 0.25) is 5.82 Å². The van der Waals surface area contributed by atoms with Gasteiger partial charge >= 0.3 is 0 Å². The third-order valence-corrected chi connectivity index (χ3v) is 2.94. The molecule has 5 nitrogen and oxygen atoms in total. The summed E-state index contributed by atoms with van der Waals surface area (Å²) in [6.07, 6.45) is 1.01. The molecular weight excluding hydrogens is 216 g/mol. The molecule has 1 amide bonds. The van der Waals surface area contributed by atoms with Crippen molar-refractivity contribution in [3.05, 3.63) is 11.6 Å². The van der Waals surface area contributed by atoms with Gasteiger partial charge in [-0.25, -0.2) is 4.98 Å². The second-order valence-electron chi connectivity index (χ2n) is 5.40. The average molecular weight is 238 g/mol. The van der Waals surface area contributed by atoms with Crippen LogP contribution in [-0.2, 0) is 0 Å². The number of rotatable bonds is 5. The van der Waals surface area contributed by atoms with Gasteiger partial charge in [-0.1, -0.05) is 34.6 Å². The third-order valence-electron chi connectivity index (χ3n) is 2.94. The van der Waals surface area contributed by atoms with Crippen molar-refractivity contribution in [2.75, 3.05) is 6.54 Å². The first-order valence-electron chi connectivity index (χ1n) is 6.06. The van der Waals surface area contributed by atoms with E-state index in [1.54, 1.807) is 0 Å². The molecule has 1 heterocycles. The van der Waals surface area contributed by atoms with Crippen LogP contribution < -0.4 is 5.32 Å². The Balaban J connectivity index is 2.58. The summed E-state index contributed by atoms with van der Waals surface area (Å²) in [5, 5.41) is 9.55. The summed E-state index contributed by atoms with van der Waals surface area (Å²) in [6.45, 7) is 11.0. The van der Waals surface area contributed by atoms with Crippen LogP contribution in [0, 0.1) is 5.41 Å². The van der Waals surface area contributed by atoms with Crippen LogP contribution in [0.5, 0.6) is 0 Å². The summed E-state index contributed by atoms with van der Waals surface area (Å²) in [7, 11) is 0. The molecule has 0 spiro atoms. The molecule has 0 aliphatic rings. The zero-order chi connectivity index (χ0) is 13.1. The van der Waals surface area contributed by atoms with Gasteiger partial charge in [0.1, 0.15) is 5.82 Å². The quantitative estimate of drug-likeness (QED) is 0.825. The first-order chi connectivity index (χ1) is 7.85. The molecule has 1 rings (SSSR count). The lowest BCUT2D eigenvalue weighted by Gasteiger charge is -2.22. The second kappa shape index (κ2) is 5.29. The number of nitrogens with zero attached hydrogens (tertiary/aromatic N) is 2. The number of hydrogen-bond acceptors (Lipinski definition) is 3. The van der Waals surface area contributed by atoms with Gasteiger partial charge in [-0.15, -0.1) is 5.10 Å². The molecule has 2 N–H and O–H groups in total. The Hall–Kier alpha value is -1.39. The van der Waals surface area contributed by atoms with Crippen molar-refractivity contribution in [1.82, 2.24) is 20.5 Å². The van der Waals surface area contributed by atoms with Crippen LogP contribution >= 0.6 is 0 Å². The maximum Gasteiger partial charge on any atom is 0.290 e. The molecule has 0 bridgehead atoms. The van der Waals surface area contributed by atoms with E-state index in [-0.39, 0.29) is 23.1 Å². The van der Waals surface area contributed by atoms with Crippen molar-refractivity contribution >= 4 is 5.91 Å². The van der Waals surface area contributed by atoms with Crippen molar-refractivity contribution in [2.45, 2.75) is 47.0 Å². The van der Waals surface area contributed by atoms with Gasteiger partial charge in [0, 0.05) is 12.5 Å². The van der Waals surface area contributed by atoms with Crippen LogP contribution in [0.25, 0.3) is 0 Å². The molecule has 0 atom stereocenters. The zero-order valence-corrected chi connectivity index (χ0v) is 11.3. The Kier molecular flexibility index (Phi) is 4.26. The summed E-state index contributed by atoms with van der Waals surface area (Å²) >= 11 is 0. The van der Waals surface area contributed by atoms with Crippen LogP contribution in [0.2, 0.25) is 0 Å². The van der Waals surface area contributed by atoms with E-state index in [1.807, 2.05) is 13.8 Å². The molecule has 0 radical (unpaired) electrons. The highest BCUT2D eigenvalue weighted by Crippen LogP contribution is 2.17. The van der Waals surface area contributed by atoms with Crippen molar-refractivity contribution < 1.29 is 4.79 Å². The SMILES string of the molecule is CCC(C)(C)CNC(=O)c1n[nH]c(C(C)C)n1. The zero-order valence-electron chi connectivity index (χ0n) is 11.3. The van der Waals surface area contributed by atoms with E-state index < -0.39 is 0 Å². The van der Waals surface area contributed by atoms with Gasteiger partial charge < -0.3 is 5.32 Å². The Morgan fingerprint density at radius 3 is 2.59 bits per heavy atom. The maximum atomic E-state index is 11.8. The normalized spacial score (nSPS) is 11.9. The Bertz CT molecular complexity index is 382. The molecular formula is C12H22N4O. The fraction of sp³-hybridized carbons (Fsp3) is 0.750. The number of amides is 1. The van der Waals surface area contributed by atoms with Crippen molar-refractivity contribution in [2.24, 2.45) is 5.41 Å². The number of carbonyl (C=O) groups excluding carboxylic acids is 1. The molecule has 0 saturated heterocycles. The fourth-order valence-electron chi connectivity index (χ4n) is 1.16. The fourth-order valence-corrected chi connectivity index (χ4v) is 1.16.